The number of carbonyl (C=O) groups is 1. The molecular formula is C12H15NO2. The van der Waals surface area contributed by atoms with Gasteiger partial charge in [0.2, 0.25) is 0 Å². The summed E-state index contributed by atoms with van der Waals surface area (Å²) in [7, 11) is 1.44. The lowest BCUT2D eigenvalue weighted by molar-refractivity contribution is -0.141. The molecule has 80 valence electrons. The van der Waals surface area contributed by atoms with Crippen molar-refractivity contribution in [1.82, 2.24) is 4.90 Å². The second kappa shape index (κ2) is 4.45. The second-order valence-corrected chi connectivity index (χ2v) is 3.74. The minimum absolute atomic E-state index is 0.143. The molecule has 0 N–H and O–H groups in total. The Balaban J connectivity index is 2.10. The van der Waals surface area contributed by atoms with E-state index in [1.807, 2.05) is 18.2 Å². The lowest BCUT2D eigenvalue weighted by atomic mass is 10.0. The average molecular weight is 205 g/mol. The van der Waals surface area contributed by atoms with Gasteiger partial charge in [-0.15, -0.1) is 0 Å². The normalized spacial score (nSPS) is 17.1. The first kappa shape index (κ1) is 10.2. The molecule has 1 heterocycles. The number of rotatable bonds is 4. The van der Waals surface area contributed by atoms with Gasteiger partial charge < -0.3 is 4.74 Å². The Morgan fingerprint density at radius 2 is 2.07 bits per heavy atom. The summed E-state index contributed by atoms with van der Waals surface area (Å²) in [5.74, 6) is -0.143. The third-order valence-corrected chi connectivity index (χ3v) is 2.69. The van der Waals surface area contributed by atoms with Crippen LogP contribution >= 0.6 is 0 Å². The van der Waals surface area contributed by atoms with E-state index < -0.39 is 0 Å². The van der Waals surface area contributed by atoms with Crippen LogP contribution in [0.3, 0.4) is 0 Å². The first-order valence-electron chi connectivity index (χ1n) is 5.17. The van der Waals surface area contributed by atoms with Crippen molar-refractivity contribution < 1.29 is 9.53 Å². The average Bonchev–Trinajstić information content (AvgIpc) is 3.10. The van der Waals surface area contributed by atoms with Gasteiger partial charge in [-0.05, 0) is 5.56 Å². The Morgan fingerprint density at radius 3 is 2.60 bits per heavy atom. The SMILES string of the molecule is COC(=O)C[C@@H](c1ccccc1)N1CC1. The molecule has 2 rings (SSSR count). The van der Waals surface area contributed by atoms with Crippen molar-refractivity contribution in [3.63, 3.8) is 0 Å². The Kier molecular flexibility index (Phi) is 3.02. The predicted molar refractivity (Wildman–Crippen MR) is 57.4 cm³/mol. The first-order chi connectivity index (χ1) is 7.31. The van der Waals surface area contributed by atoms with Gasteiger partial charge in [0, 0.05) is 19.1 Å². The van der Waals surface area contributed by atoms with E-state index >= 15 is 0 Å². The standard InChI is InChI=1S/C12H15NO2/c1-15-12(14)9-11(13-7-8-13)10-5-3-2-4-6-10/h2-6,11H,7-9H2,1H3/t11-/m0/s1. The summed E-state index contributed by atoms with van der Waals surface area (Å²) in [6.07, 6.45) is 0.445. The van der Waals surface area contributed by atoms with Crippen molar-refractivity contribution >= 4 is 5.97 Å². The van der Waals surface area contributed by atoms with E-state index in [2.05, 4.69) is 17.0 Å². The number of hydrogen-bond donors (Lipinski definition) is 0. The summed E-state index contributed by atoms with van der Waals surface area (Å²) in [6, 6.07) is 10.3. The quantitative estimate of drug-likeness (QED) is 0.552. The molecule has 15 heavy (non-hydrogen) atoms. The highest BCUT2D eigenvalue weighted by molar-refractivity contribution is 5.70. The molecule has 1 aromatic rings. The largest absolute Gasteiger partial charge is 0.469 e. The van der Waals surface area contributed by atoms with Crippen molar-refractivity contribution in [3.05, 3.63) is 35.9 Å². The van der Waals surface area contributed by atoms with Gasteiger partial charge in [0.05, 0.1) is 13.5 Å². The molecule has 0 aromatic heterocycles. The van der Waals surface area contributed by atoms with E-state index in [9.17, 15) is 4.79 Å². The smallest absolute Gasteiger partial charge is 0.307 e. The minimum Gasteiger partial charge on any atom is -0.469 e. The van der Waals surface area contributed by atoms with Crippen molar-refractivity contribution in [1.29, 1.82) is 0 Å². The summed E-state index contributed by atoms with van der Waals surface area (Å²) in [5, 5.41) is 0. The highest BCUT2D eigenvalue weighted by atomic mass is 16.5. The number of hydrogen-bond acceptors (Lipinski definition) is 3. The Bertz CT molecular complexity index is 333. The number of methoxy groups -OCH3 is 1. The number of ether oxygens (including phenoxy) is 1. The van der Waals surface area contributed by atoms with Crippen LogP contribution in [0.25, 0.3) is 0 Å². The number of benzene rings is 1. The Labute approximate surface area is 89.7 Å². The number of esters is 1. The molecule has 1 fully saturated rings. The van der Waals surface area contributed by atoms with Gasteiger partial charge in [-0.25, -0.2) is 0 Å². The molecular weight excluding hydrogens is 190 g/mol. The molecule has 0 unspecified atom stereocenters. The fraction of sp³-hybridized carbons (Fsp3) is 0.417. The molecule has 0 bridgehead atoms. The molecule has 0 aliphatic carbocycles. The van der Waals surface area contributed by atoms with E-state index in [1.54, 1.807) is 0 Å². The monoisotopic (exact) mass is 205 g/mol. The van der Waals surface area contributed by atoms with Gasteiger partial charge in [-0.2, -0.15) is 0 Å². The number of carbonyl (C=O) groups excluding carboxylic acids is 1. The molecule has 1 aromatic carbocycles. The maximum atomic E-state index is 11.3. The third kappa shape index (κ3) is 2.57. The van der Waals surface area contributed by atoms with Gasteiger partial charge in [0.15, 0.2) is 0 Å². The van der Waals surface area contributed by atoms with Crippen LogP contribution in [0.5, 0.6) is 0 Å². The molecule has 3 heteroatoms. The van der Waals surface area contributed by atoms with Crippen LogP contribution in [0, 0.1) is 0 Å². The lowest BCUT2D eigenvalue weighted by Gasteiger charge is -2.17. The third-order valence-electron chi connectivity index (χ3n) is 2.69. The topological polar surface area (TPSA) is 29.3 Å². The van der Waals surface area contributed by atoms with Crippen LogP contribution in [0.1, 0.15) is 18.0 Å². The van der Waals surface area contributed by atoms with E-state index in [0.29, 0.717) is 6.42 Å². The van der Waals surface area contributed by atoms with Crippen LogP contribution in [0.4, 0.5) is 0 Å². The van der Waals surface area contributed by atoms with Crippen molar-refractivity contribution in [2.24, 2.45) is 0 Å². The molecule has 0 spiro atoms. The maximum absolute atomic E-state index is 11.3. The minimum atomic E-state index is -0.143. The van der Waals surface area contributed by atoms with E-state index in [-0.39, 0.29) is 12.0 Å². The molecule has 3 nitrogen and oxygen atoms in total. The predicted octanol–water partition coefficient (Wildman–Crippen LogP) is 1.61. The van der Waals surface area contributed by atoms with E-state index in [1.165, 1.54) is 12.7 Å². The van der Waals surface area contributed by atoms with Crippen LogP contribution in [-0.4, -0.2) is 31.1 Å². The Hall–Kier alpha value is -1.35. The summed E-state index contributed by atoms with van der Waals surface area (Å²) in [4.78, 5) is 13.5. The maximum Gasteiger partial charge on any atom is 0.307 e. The number of nitrogens with zero attached hydrogens (tertiary/aromatic N) is 1. The van der Waals surface area contributed by atoms with Crippen LogP contribution in [0.15, 0.2) is 30.3 Å². The highest BCUT2D eigenvalue weighted by Gasteiger charge is 2.30. The molecule has 1 aliphatic heterocycles. The van der Waals surface area contributed by atoms with Gasteiger partial charge in [-0.3, -0.25) is 9.69 Å². The van der Waals surface area contributed by atoms with E-state index in [4.69, 9.17) is 4.74 Å². The molecule has 0 saturated carbocycles. The molecule has 1 aliphatic rings. The molecule has 0 amide bonds. The zero-order chi connectivity index (χ0) is 10.7. The van der Waals surface area contributed by atoms with Crippen molar-refractivity contribution in [3.8, 4) is 0 Å². The van der Waals surface area contributed by atoms with Crippen molar-refractivity contribution in [2.45, 2.75) is 12.5 Å². The fourth-order valence-corrected chi connectivity index (χ4v) is 1.74. The molecule has 1 atom stereocenters. The fourth-order valence-electron chi connectivity index (χ4n) is 1.74. The summed E-state index contributed by atoms with van der Waals surface area (Å²) < 4.78 is 4.71. The zero-order valence-corrected chi connectivity index (χ0v) is 8.85. The summed E-state index contributed by atoms with van der Waals surface area (Å²) in [6.45, 7) is 2.16. The summed E-state index contributed by atoms with van der Waals surface area (Å²) >= 11 is 0. The van der Waals surface area contributed by atoms with Gasteiger partial charge in [0.1, 0.15) is 0 Å². The van der Waals surface area contributed by atoms with Gasteiger partial charge >= 0.3 is 5.97 Å². The molecule has 0 radical (unpaired) electrons. The van der Waals surface area contributed by atoms with E-state index in [0.717, 1.165) is 13.1 Å². The van der Waals surface area contributed by atoms with Crippen LogP contribution in [0.2, 0.25) is 0 Å². The van der Waals surface area contributed by atoms with Crippen molar-refractivity contribution in [2.75, 3.05) is 20.2 Å². The van der Waals surface area contributed by atoms with Crippen LogP contribution < -0.4 is 0 Å². The highest BCUT2D eigenvalue weighted by Crippen LogP contribution is 2.29. The van der Waals surface area contributed by atoms with Crippen LogP contribution in [-0.2, 0) is 9.53 Å². The second-order valence-electron chi connectivity index (χ2n) is 3.74. The first-order valence-corrected chi connectivity index (χ1v) is 5.17. The molecule has 1 saturated heterocycles. The summed E-state index contributed by atoms with van der Waals surface area (Å²) in [5.41, 5.74) is 1.19. The van der Waals surface area contributed by atoms with Gasteiger partial charge in [0.25, 0.3) is 0 Å². The van der Waals surface area contributed by atoms with Gasteiger partial charge in [-0.1, -0.05) is 30.3 Å². The lowest BCUT2D eigenvalue weighted by Crippen LogP contribution is -2.15. The Morgan fingerprint density at radius 1 is 1.40 bits per heavy atom. The zero-order valence-electron chi connectivity index (χ0n) is 8.85.